The Balaban J connectivity index is 1.41. The third-order valence-corrected chi connectivity index (χ3v) is 10.2. The number of alkyl halides is 4. The highest BCUT2D eigenvalue weighted by molar-refractivity contribution is 5.87. The minimum Gasteiger partial charge on any atom is -0.469 e. The number of nitrogens with zero attached hydrogens (tertiary/aromatic N) is 3. The van der Waals surface area contributed by atoms with Crippen LogP contribution in [-0.2, 0) is 25.2 Å². The molecule has 0 radical (unpaired) electrons. The van der Waals surface area contributed by atoms with Gasteiger partial charge in [0, 0.05) is 63.4 Å². The lowest BCUT2D eigenvalue weighted by Gasteiger charge is -2.37. The fourth-order valence-electron chi connectivity index (χ4n) is 7.75. The number of hydrogen-bond acceptors (Lipinski definition) is 6. The maximum absolute atomic E-state index is 16.6. The van der Waals surface area contributed by atoms with Crippen molar-refractivity contribution in [3.8, 4) is 0 Å². The van der Waals surface area contributed by atoms with Crippen LogP contribution in [-0.4, -0.2) is 93.0 Å². The van der Waals surface area contributed by atoms with Crippen LogP contribution in [0.2, 0.25) is 0 Å². The number of rotatable bonds is 7. The van der Waals surface area contributed by atoms with E-state index in [1.54, 1.807) is 11.8 Å². The zero-order valence-electron chi connectivity index (χ0n) is 24.8. The Morgan fingerprint density at radius 3 is 2.33 bits per heavy atom. The van der Waals surface area contributed by atoms with E-state index in [1.165, 1.54) is 26.4 Å². The highest BCUT2D eigenvalue weighted by Gasteiger charge is 2.56. The van der Waals surface area contributed by atoms with Gasteiger partial charge in [-0.2, -0.15) is 13.2 Å². The number of piperidine rings is 1. The van der Waals surface area contributed by atoms with Crippen molar-refractivity contribution >= 4 is 17.6 Å². The summed E-state index contributed by atoms with van der Waals surface area (Å²) in [5, 5.41) is 0. The first-order valence-corrected chi connectivity index (χ1v) is 15.2. The number of likely N-dealkylation sites (tertiary alicyclic amines) is 2. The molecule has 0 bridgehead atoms. The SMILES string of the molecule is COCC1C(c2ccc(C(F)(F)F)cc2N2CCC(C(=O)OC)CC2)CCN1C(=O)[C@]1(F)CN(C2CCCC2)C[C@H]1C. The van der Waals surface area contributed by atoms with Gasteiger partial charge in [-0.15, -0.1) is 0 Å². The summed E-state index contributed by atoms with van der Waals surface area (Å²) in [6.45, 7) is 3.70. The number of esters is 1. The number of ether oxygens (including phenoxy) is 2. The molecule has 1 aliphatic carbocycles. The second-order valence-electron chi connectivity index (χ2n) is 12.6. The Morgan fingerprint density at radius 2 is 1.71 bits per heavy atom. The van der Waals surface area contributed by atoms with Gasteiger partial charge in [0.1, 0.15) is 0 Å². The Labute approximate surface area is 245 Å². The van der Waals surface area contributed by atoms with Gasteiger partial charge in [0.05, 0.1) is 31.2 Å². The smallest absolute Gasteiger partial charge is 0.416 e. The van der Waals surface area contributed by atoms with Crippen molar-refractivity contribution in [3.05, 3.63) is 29.3 Å². The van der Waals surface area contributed by atoms with Crippen molar-refractivity contribution in [1.29, 1.82) is 0 Å². The number of carbonyl (C=O) groups excluding carboxylic acids is 2. The highest BCUT2D eigenvalue weighted by Crippen LogP contribution is 2.45. The number of amides is 1. The van der Waals surface area contributed by atoms with Gasteiger partial charge >= 0.3 is 12.1 Å². The van der Waals surface area contributed by atoms with Crippen LogP contribution in [0.3, 0.4) is 0 Å². The average Bonchev–Trinajstić information content (AvgIpc) is 3.72. The first-order valence-electron chi connectivity index (χ1n) is 15.2. The predicted octanol–water partition coefficient (Wildman–Crippen LogP) is 5.03. The number of carbonyl (C=O) groups is 2. The molecule has 4 fully saturated rings. The van der Waals surface area contributed by atoms with Crippen LogP contribution in [0.4, 0.5) is 23.2 Å². The minimum atomic E-state index is -4.52. The molecule has 4 atom stereocenters. The molecule has 0 aromatic heterocycles. The number of halogens is 4. The fourth-order valence-corrected chi connectivity index (χ4v) is 7.75. The molecule has 42 heavy (non-hydrogen) atoms. The molecule has 3 aliphatic heterocycles. The number of benzene rings is 1. The number of methoxy groups -OCH3 is 2. The summed E-state index contributed by atoms with van der Waals surface area (Å²) in [6.07, 6.45) is 1.23. The van der Waals surface area contributed by atoms with Crippen LogP contribution in [0.5, 0.6) is 0 Å². The molecule has 0 N–H and O–H groups in total. The molecule has 1 aromatic rings. The molecule has 0 spiro atoms. The third kappa shape index (κ3) is 5.87. The third-order valence-electron chi connectivity index (χ3n) is 10.2. The van der Waals surface area contributed by atoms with Crippen LogP contribution >= 0.6 is 0 Å². The first kappa shape index (κ1) is 31.0. The lowest BCUT2D eigenvalue weighted by atomic mass is 9.87. The second kappa shape index (κ2) is 12.3. The summed E-state index contributed by atoms with van der Waals surface area (Å²) < 4.78 is 68.5. The van der Waals surface area contributed by atoms with Crippen molar-refractivity contribution in [2.75, 3.05) is 58.5 Å². The summed E-state index contributed by atoms with van der Waals surface area (Å²) in [7, 11) is 2.86. The molecule has 4 aliphatic rings. The Morgan fingerprint density at radius 1 is 1.02 bits per heavy atom. The van der Waals surface area contributed by atoms with E-state index in [9.17, 15) is 22.8 Å². The standard InChI is InChI=1S/C31H43F4N3O4/c1-20-17-37(23-6-4-5-7-23)19-30(20,32)29(40)38-15-12-25(27(38)18-41-2)24-9-8-22(31(33,34)35)16-26(24)36-13-10-21(11-14-36)28(39)42-3/h8-9,16,20-21,23,25,27H,4-7,10-15,17-19H2,1-3H3/t20-,25?,27?,30+/m1/s1. The van der Waals surface area contributed by atoms with Crippen molar-refractivity contribution in [1.82, 2.24) is 9.80 Å². The van der Waals surface area contributed by atoms with Gasteiger partial charge in [0.25, 0.3) is 5.91 Å². The monoisotopic (exact) mass is 597 g/mol. The van der Waals surface area contributed by atoms with E-state index in [0.717, 1.165) is 31.7 Å². The largest absolute Gasteiger partial charge is 0.469 e. The molecule has 1 amide bonds. The lowest BCUT2D eigenvalue weighted by molar-refractivity contribution is -0.147. The van der Waals surface area contributed by atoms with Crippen molar-refractivity contribution in [3.63, 3.8) is 0 Å². The molecular weight excluding hydrogens is 554 g/mol. The van der Waals surface area contributed by atoms with Crippen LogP contribution in [0.25, 0.3) is 0 Å². The van der Waals surface area contributed by atoms with E-state index >= 15 is 4.39 Å². The summed E-state index contributed by atoms with van der Waals surface area (Å²) in [5.74, 6) is -1.91. The highest BCUT2D eigenvalue weighted by atomic mass is 19.4. The van der Waals surface area contributed by atoms with Crippen molar-refractivity contribution < 1.29 is 36.6 Å². The number of hydrogen-bond donors (Lipinski definition) is 0. The van der Waals surface area contributed by atoms with E-state index in [2.05, 4.69) is 4.90 Å². The van der Waals surface area contributed by atoms with Crippen molar-refractivity contribution in [2.24, 2.45) is 11.8 Å². The van der Waals surface area contributed by atoms with Gasteiger partial charge in [-0.3, -0.25) is 14.5 Å². The molecule has 2 unspecified atom stereocenters. The summed E-state index contributed by atoms with van der Waals surface area (Å²) in [5.41, 5.74) is -1.62. The zero-order chi connectivity index (χ0) is 30.2. The fraction of sp³-hybridized carbons (Fsp3) is 0.742. The Hall–Kier alpha value is -2.40. The van der Waals surface area contributed by atoms with Crippen LogP contribution < -0.4 is 4.90 Å². The van der Waals surface area contributed by atoms with Crippen LogP contribution in [0.15, 0.2) is 18.2 Å². The van der Waals surface area contributed by atoms with Gasteiger partial charge in [0.15, 0.2) is 0 Å². The molecule has 5 rings (SSSR count). The van der Waals surface area contributed by atoms with E-state index in [1.807, 2.05) is 4.90 Å². The molecule has 234 valence electrons. The number of anilines is 1. The van der Waals surface area contributed by atoms with Gasteiger partial charge in [-0.1, -0.05) is 25.8 Å². The van der Waals surface area contributed by atoms with E-state index in [-0.39, 0.29) is 31.0 Å². The first-order chi connectivity index (χ1) is 20.0. The molecule has 7 nitrogen and oxygen atoms in total. The second-order valence-corrected chi connectivity index (χ2v) is 12.6. The van der Waals surface area contributed by atoms with E-state index in [4.69, 9.17) is 9.47 Å². The maximum Gasteiger partial charge on any atom is 0.416 e. The van der Waals surface area contributed by atoms with Crippen molar-refractivity contribution in [2.45, 2.75) is 81.7 Å². The Kier molecular flexibility index (Phi) is 9.09. The molecule has 11 heteroatoms. The zero-order valence-corrected chi connectivity index (χ0v) is 24.8. The average molecular weight is 598 g/mol. The summed E-state index contributed by atoms with van der Waals surface area (Å²) >= 11 is 0. The topological polar surface area (TPSA) is 62.3 Å². The molecular formula is C31H43F4N3O4. The quantitative estimate of drug-likeness (QED) is 0.325. The van der Waals surface area contributed by atoms with Gasteiger partial charge in [0.2, 0.25) is 5.67 Å². The van der Waals surface area contributed by atoms with E-state index in [0.29, 0.717) is 62.7 Å². The van der Waals surface area contributed by atoms with E-state index < -0.39 is 35.3 Å². The lowest BCUT2D eigenvalue weighted by Crippen LogP contribution is -2.53. The van der Waals surface area contributed by atoms with Crippen LogP contribution in [0, 0.1) is 11.8 Å². The van der Waals surface area contributed by atoms with Gasteiger partial charge < -0.3 is 19.3 Å². The maximum atomic E-state index is 16.6. The predicted molar refractivity (Wildman–Crippen MR) is 150 cm³/mol. The van der Waals surface area contributed by atoms with Gasteiger partial charge in [-0.05, 0) is 49.8 Å². The summed E-state index contributed by atoms with van der Waals surface area (Å²) in [6, 6.07) is 3.58. The molecule has 1 aromatic carbocycles. The summed E-state index contributed by atoms with van der Waals surface area (Å²) in [4.78, 5) is 31.7. The minimum absolute atomic E-state index is 0.0825. The molecule has 1 saturated carbocycles. The van der Waals surface area contributed by atoms with Gasteiger partial charge in [-0.25, -0.2) is 4.39 Å². The Bertz CT molecular complexity index is 1140. The van der Waals surface area contributed by atoms with Crippen LogP contribution in [0.1, 0.15) is 68.9 Å². The molecule has 3 heterocycles. The normalized spacial score (nSPS) is 29.9. The molecule has 3 saturated heterocycles.